The minimum Gasteiger partial charge on any atom is -0.465 e. The Balaban J connectivity index is 1.69. The van der Waals surface area contributed by atoms with Gasteiger partial charge in [0.1, 0.15) is 24.2 Å². The maximum Gasteiger partial charge on any atom is 0.341 e. The van der Waals surface area contributed by atoms with Gasteiger partial charge in [-0.05, 0) is 43.7 Å². The van der Waals surface area contributed by atoms with Crippen LogP contribution in [0.1, 0.15) is 38.5 Å². The van der Waals surface area contributed by atoms with E-state index < -0.39 is 5.97 Å². The number of hydrogen-bond acceptors (Lipinski definition) is 6. The molecular weight excluding hydrogens is 396 g/mol. The van der Waals surface area contributed by atoms with Crippen molar-refractivity contribution in [3.05, 3.63) is 38.4 Å². The van der Waals surface area contributed by atoms with Gasteiger partial charge in [-0.3, -0.25) is 4.79 Å². The topological polar surface area (TPSA) is 69.1 Å². The molecule has 1 aliphatic rings. The predicted octanol–water partition coefficient (Wildman–Crippen LogP) is 2.42. The van der Waals surface area contributed by atoms with Crippen LogP contribution < -0.4 is 10.2 Å². The number of amides is 1. The Kier molecular flexibility index (Phi) is 7.23. The van der Waals surface area contributed by atoms with Crippen molar-refractivity contribution in [2.75, 3.05) is 32.1 Å². The lowest BCUT2D eigenvalue weighted by Crippen LogP contribution is -3.12. The maximum atomic E-state index is 12.8. The summed E-state index contributed by atoms with van der Waals surface area (Å²) in [4.78, 5) is 28.3. The number of esters is 1. The second-order valence-corrected chi connectivity index (χ2v) is 9.31. The van der Waals surface area contributed by atoms with Gasteiger partial charge >= 0.3 is 5.97 Å². The standard InChI is InChI=1S/C20H26N2O4S2/c1-13-14(2)28-19(18(13)20(24)25-3)21-17(23)12-22(10-15-6-4-8-26-15)11-16-7-5-9-27-16/h5,7,9,15H,4,6,8,10-12H2,1-3H3,(H,21,23)/p+1/t15-/m1/s1. The SMILES string of the molecule is COC(=O)c1c(NC(=O)C[NH+](Cc2cccs2)C[C@H]2CCCO2)sc(C)c1C. The Hall–Kier alpha value is -1.74. The molecule has 1 amide bonds. The molecule has 2 aromatic rings. The Morgan fingerprint density at radius 3 is 2.86 bits per heavy atom. The van der Waals surface area contributed by atoms with Crippen molar-refractivity contribution in [3.63, 3.8) is 0 Å². The van der Waals surface area contributed by atoms with Gasteiger partial charge in [0.05, 0.1) is 17.6 Å². The van der Waals surface area contributed by atoms with Crippen LogP contribution in [-0.2, 0) is 20.8 Å². The number of carbonyl (C=O) groups excluding carboxylic acids is 2. The molecule has 8 heteroatoms. The van der Waals surface area contributed by atoms with E-state index in [1.54, 1.807) is 11.3 Å². The monoisotopic (exact) mass is 423 g/mol. The number of rotatable bonds is 8. The van der Waals surface area contributed by atoms with Gasteiger partial charge < -0.3 is 19.7 Å². The van der Waals surface area contributed by atoms with Gasteiger partial charge in [0.25, 0.3) is 5.91 Å². The van der Waals surface area contributed by atoms with E-state index in [2.05, 4.69) is 16.8 Å². The molecule has 6 nitrogen and oxygen atoms in total. The van der Waals surface area contributed by atoms with Gasteiger partial charge in [0.15, 0.2) is 6.54 Å². The predicted molar refractivity (Wildman–Crippen MR) is 111 cm³/mol. The number of quaternary nitrogens is 1. The summed E-state index contributed by atoms with van der Waals surface area (Å²) in [6, 6.07) is 4.13. The van der Waals surface area contributed by atoms with Crippen LogP contribution in [0.4, 0.5) is 5.00 Å². The summed E-state index contributed by atoms with van der Waals surface area (Å²) in [7, 11) is 1.36. The third-order valence-electron chi connectivity index (χ3n) is 4.98. The van der Waals surface area contributed by atoms with E-state index in [9.17, 15) is 9.59 Å². The molecule has 3 rings (SSSR count). The van der Waals surface area contributed by atoms with E-state index in [4.69, 9.17) is 9.47 Å². The number of thiophene rings is 2. The highest BCUT2D eigenvalue weighted by molar-refractivity contribution is 7.16. The fourth-order valence-electron chi connectivity index (χ4n) is 3.45. The Labute approximate surface area is 173 Å². The summed E-state index contributed by atoms with van der Waals surface area (Å²) in [6.07, 6.45) is 2.34. The molecule has 2 N–H and O–H groups in total. The number of methoxy groups -OCH3 is 1. The Morgan fingerprint density at radius 1 is 1.39 bits per heavy atom. The van der Waals surface area contributed by atoms with Crippen molar-refractivity contribution in [2.24, 2.45) is 0 Å². The summed E-state index contributed by atoms with van der Waals surface area (Å²) in [5.74, 6) is -0.518. The highest BCUT2D eigenvalue weighted by Gasteiger charge is 2.26. The highest BCUT2D eigenvalue weighted by atomic mass is 32.1. The minimum absolute atomic E-state index is 0.101. The van der Waals surface area contributed by atoms with Crippen LogP contribution in [0.25, 0.3) is 0 Å². The van der Waals surface area contributed by atoms with Crippen LogP contribution in [0, 0.1) is 13.8 Å². The van der Waals surface area contributed by atoms with Crippen molar-refractivity contribution in [1.82, 2.24) is 0 Å². The molecule has 3 heterocycles. The first-order chi connectivity index (χ1) is 13.5. The molecular formula is C20H27N2O4S2+. The molecule has 0 aliphatic carbocycles. The van der Waals surface area contributed by atoms with Crippen LogP contribution in [-0.4, -0.2) is 44.8 Å². The van der Waals surface area contributed by atoms with Crippen molar-refractivity contribution in [1.29, 1.82) is 0 Å². The molecule has 0 saturated carbocycles. The van der Waals surface area contributed by atoms with Crippen LogP contribution in [0.3, 0.4) is 0 Å². The zero-order valence-electron chi connectivity index (χ0n) is 16.5. The number of hydrogen-bond donors (Lipinski definition) is 2. The molecule has 1 unspecified atom stereocenters. The molecule has 0 spiro atoms. The number of anilines is 1. The largest absolute Gasteiger partial charge is 0.465 e. The van der Waals surface area contributed by atoms with E-state index >= 15 is 0 Å². The average molecular weight is 424 g/mol. The molecule has 152 valence electrons. The van der Waals surface area contributed by atoms with Gasteiger partial charge in [-0.25, -0.2) is 4.79 Å². The molecule has 0 aromatic carbocycles. The zero-order valence-corrected chi connectivity index (χ0v) is 18.1. The van der Waals surface area contributed by atoms with Gasteiger partial charge in [-0.15, -0.1) is 22.7 Å². The van der Waals surface area contributed by atoms with E-state index in [0.717, 1.165) is 47.9 Å². The third kappa shape index (κ3) is 5.20. The molecule has 1 aliphatic heterocycles. The Morgan fingerprint density at radius 2 is 2.21 bits per heavy atom. The lowest BCUT2D eigenvalue weighted by molar-refractivity contribution is -0.908. The van der Waals surface area contributed by atoms with Crippen molar-refractivity contribution in [3.8, 4) is 0 Å². The van der Waals surface area contributed by atoms with E-state index in [-0.39, 0.29) is 12.0 Å². The minimum atomic E-state index is -0.417. The van der Waals surface area contributed by atoms with E-state index in [1.807, 2.05) is 19.9 Å². The summed E-state index contributed by atoms with van der Waals surface area (Å²) < 4.78 is 10.7. The third-order valence-corrected chi connectivity index (χ3v) is 6.98. The van der Waals surface area contributed by atoms with E-state index in [0.29, 0.717) is 17.1 Å². The summed E-state index contributed by atoms with van der Waals surface area (Å²) in [5.41, 5.74) is 1.31. The molecule has 1 fully saturated rings. The van der Waals surface area contributed by atoms with Gasteiger partial charge in [-0.1, -0.05) is 6.07 Å². The Bertz CT molecular complexity index is 811. The highest BCUT2D eigenvalue weighted by Crippen LogP contribution is 2.32. The van der Waals surface area contributed by atoms with Gasteiger partial charge in [0.2, 0.25) is 0 Å². The van der Waals surface area contributed by atoms with Crippen molar-refractivity contribution < 1.29 is 24.0 Å². The fraction of sp³-hybridized carbons (Fsp3) is 0.500. The second-order valence-electron chi connectivity index (χ2n) is 7.05. The lowest BCUT2D eigenvalue weighted by Gasteiger charge is -2.21. The molecule has 28 heavy (non-hydrogen) atoms. The number of carbonyl (C=O) groups is 2. The van der Waals surface area contributed by atoms with E-state index in [1.165, 1.54) is 23.3 Å². The van der Waals surface area contributed by atoms with Crippen LogP contribution in [0.2, 0.25) is 0 Å². The molecule has 0 bridgehead atoms. The summed E-state index contributed by atoms with van der Waals surface area (Å²) >= 11 is 3.12. The van der Waals surface area contributed by atoms with Gasteiger partial charge in [0, 0.05) is 11.5 Å². The van der Waals surface area contributed by atoms with Crippen LogP contribution >= 0.6 is 22.7 Å². The molecule has 2 aromatic heterocycles. The number of aryl methyl sites for hydroxylation is 1. The molecule has 0 radical (unpaired) electrons. The normalized spacial score (nSPS) is 17.5. The first-order valence-corrected chi connectivity index (χ1v) is 11.1. The van der Waals surface area contributed by atoms with Crippen LogP contribution in [0.15, 0.2) is 17.5 Å². The number of ether oxygens (including phenoxy) is 2. The van der Waals surface area contributed by atoms with Crippen LogP contribution in [0.5, 0.6) is 0 Å². The molecule has 1 saturated heterocycles. The van der Waals surface area contributed by atoms with Crippen molar-refractivity contribution >= 4 is 39.6 Å². The quantitative estimate of drug-likeness (QED) is 0.640. The lowest BCUT2D eigenvalue weighted by atomic mass is 10.1. The number of nitrogens with one attached hydrogen (secondary N) is 2. The summed E-state index contributed by atoms with van der Waals surface area (Å²) in [5, 5.41) is 5.57. The average Bonchev–Trinajstić information content (AvgIpc) is 3.39. The van der Waals surface area contributed by atoms with Gasteiger partial charge in [-0.2, -0.15) is 0 Å². The smallest absolute Gasteiger partial charge is 0.341 e. The first kappa shape index (κ1) is 21.0. The van der Waals surface area contributed by atoms with Crippen molar-refractivity contribution in [2.45, 2.75) is 39.3 Å². The molecule has 2 atom stereocenters. The fourth-order valence-corrected chi connectivity index (χ4v) is 5.30. The summed E-state index contributed by atoms with van der Waals surface area (Å²) in [6.45, 7) is 6.54. The zero-order chi connectivity index (χ0) is 20.1. The second kappa shape index (κ2) is 9.65. The first-order valence-electron chi connectivity index (χ1n) is 9.43. The maximum absolute atomic E-state index is 12.8.